The lowest BCUT2D eigenvalue weighted by atomic mass is 9.44. The van der Waals surface area contributed by atoms with E-state index in [2.05, 4.69) is 44.1 Å². The maximum Gasteiger partial charge on any atom is 0.0543 e. The molecule has 4 saturated carbocycles. The highest BCUT2D eigenvalue weighted by atomic mass is 16.3. The fourth-order valence-corrected chi connectivity index (χ4v) is 9.35. The van der Waals surface area contributed by atoms with Crippen molar-refractivity contribution in [3.05, 3.63) is 30.1 Å². The lowest BCUT2D eigenvalue weighted by molar-refractivity contribution is -0.129. The second kappa shape index (κ2) is 7.91. The van der Waals surface area contributed by atoms with Crippen LogP contribution in [0.2, 0.25) is 0 Å². The predicted molar refractivity (Wildman–Crippen MR) is 123 cm³/mol. The fraction of sp³-hybridized carbons (Fsp3) is 0.821. The van der Waals surface area contributed by atoms with Gasteiger partial charge in [0.1, 0.15) is 0 Å². The van der Waals surface area contributed by atoms with Gasteiger partial charge in [0.15, 0.2) is 0 Å². The Labute approximate surface area is 184 Å². The number of rotatable bonds is 4. The monoisotopic (exact) mass is 409 g/mol. The van der Waals surface area contributed by atoms with E-state index in [9.17, 15) is 5.11 Å². The molecule has 0 aliphatic heterocycles. The van der Waals surface area contributed by atoms with Gasteiger partial charge in [0, 0.05) is 12.4 Å². The summed E-state index contributed by atoms with van der Waals surface area (Å²) in [5.41, 5.74) is 2.47. The summed E-state index contributed by atoms with van der Waals surface area (Å²) in [6, 6.07) is 4.32. The Morgan fingerprint density at radius 2 is 1.83 bits per heavy atom. The van der Waals surface area contributed by atoms with Crippen LogP contribution in [0.3, 0.4) is 0 Å². The van der Waals surface area contributed by atoms with Crippen molar-refractivity contribution in [3.63, 3.8) is 0 Å². The third-order valence-electron chi connectivity index (χ3n) is 11.0. The number of aliphatic hydroxyl groups is 1. The molecule has 0 amide bonds. The van der Waals surface area contributed by atoms with Crippen molar-refractivity contribution >= 4 is 0 Å². The van der Waals surface area contributed by atoms with Gasteiger partial charge in [-0.25, -0.2) is 0 Å². The van der Waals surface area contributed by atoms with Crippen molar-refractivity contribution < 1.29 is 5.11 Å². The predicted octanol–water partition coefficient (Wildman–Crippen LogP) is 6.67. The number of nitrogens with zero attached hydrogens (tertiary/aromatic N) is 1. The van der Waals surface area contributed by atoms with E-state index in [1.165, 1.54) is 63.4 Å². The molecule has 1 N–H and O–H groups in total. The molecule has 166 valence electrons. The first-order valence-corrected chi connectivity index (χ1v) is 13.0. The van der Waals surface area contributed by atoms with Crippen molar-refractivity contribution in [2.45, 2.75) is 97.5 Å². The fourth-order valence-electron chi connectivity index (χ4n) is 9.35. The Morgan fingerprint density at radius 1 is 1.03 bits per heavy atom. The topological polar surface area (TPSA) is 33.1 Å². The second-order valence-corrected chi connectivity index (χ2v) is 12.2. The van der Waals surface area contributed by atoms with Crippen LogP contribution in [0, 0.1) is 46.3 Å². The number of aliphatic hydroxyl groups excluding tert-OH is 1. The molecular formula is C28H43NO. The van der Waals surface area contributed by atoms with Crippen LogP contribution in [0.25, 0.3) is 0 Å². The van der Waals surface area contributed by atoms with Crippen molar-refractivity contribution in [3.8, 4) is 0 Å². The Hall–Kier alpha value is -0.890. The smallest absolute Gasteiger partial charge is 0.0543 e. The minimum Gasteiger partial charge on any atom is -0.393 e. The molecule has 1 aromatic rings. The van der Waals surface area contributed by atoms with Crippen LogP contribution >= 0.6 is 0 Å². The van der Waals surface area contributed by atoms with Crippen molar-refractivity contribution in [2.75, 3.05) is 0 Å². The third kappa shape index (κ3) is 3.37. The first kappa shape index (κ1) is 21.0. The van der Waals surface area contributed by atoms with Gasteiger partial charge in [-0.05, 0) is 129 Å². The molecule has 2 heteroatoms. The van der Waals surface area contributed by atoms with E-state index in [4.69, 9.17) is 0 Å². The molecule has 30 heavy (non-hydrogen) atoms. The van der Waals surface area contributed by atoms with Crippen LogP contribution in [-0.4, -0.2) is 16.2 Å². The summed E-state index contributed by atoms with van der Waals surface area (Å²) in [5, 5.41) is 10.3. The molecule has 5 rings (SSSR count). The van der Waals surface area contributed by atoms with Gasteiger partial charge in [0.2, 0.25) is 0 Å². The summed E-state index contributed by atoms with van der Waals surface area (Å²) in [6.07, 6.45) is 18.5. The van der Waals surface area contributed by atoms with E-state index in [0.29, 0.717) is 10.8 Å². The summed E-state index contributed by atoms with van der Waals surface area (Å²) < 4.78 is 0. The van der Waals surface area contributed by atoms with E-state index in [1.54, 1.807) is 0 Å². The zero-order valence-corrected chi connectivity index (χ0v) is 19.5. The third-order valence-corrected chi connectivity index (χ3v) is 11.0. The maximum atomic E-state index is 10.3. The molecule has 0 radical (unpaired) electrons. The van der Waals surface area contributed by atoms with E-state index >= 15 is 0 Å². The van der Waals surface area contributed by atoms with Crippen LogP contribution in [0.1, 0.15) is 90.5 Å². The molecule has 0 bridgehead atoms. The summed E-state index contributed by atoms with van der Waals surface area (Å²) in [7, 11) is 0. The molecule has 1 aromatic heterocycles. The SMILES string of the molecule is CC(CCc1cccnc1)C1CCC2C3CCC4CC(O)CCC4(C)C3CCC12C. The maximum absolute atomic E-state index is 10.3. The summed E-state index contributed by atoms with van der Waals surface area (Å²) in [5.74, 6) is 5.32. The standard InChI is InChI=1S/C28H43NO/c1-19(6-7-20-5-4-16-29-18-20)24-10-11-25-23-9-8-21-17-22(30)12-14-27(21,2)26(23)13-15-28(24,25)3/h4-5,16,18-19,21-26,30H,6-15,17H2,1-3H3. The van der Waals surface area contributed by atoms with Gasteiger partial charge in [-0.3, -0.25) is 4.98 Å². The van der Waals surface area contributed by atoms with Crippen molar-refractivity contribution in [2.24, 2.45) is 46.3 Å². The second-order valence-electron chi connectivity index (χ2n) is 12.2. The molecule has 9 atom stereocenters. The number of pyridine rings is 1. The highest BCUT2D eigenvalue weighted by molar-refractivity contribution is 5.11. The first-order valence-electron chi connectivity index (χ1n) is 13.0. The Balaban J connectivity index is 1.29. The average Bonchev–Trinajstić information content (AvgIpc) is 3.10. The molecule has 4 fully saturated rings. The van der Waals surface area contributed by atoms with Gasteiger partial charge in [0.05, 0.1) is 6.10 Å². The van der Waals surface area contributed by atoms with Gasteiger partial charge in [-0.2, -0.15) is 0 Å². The molecular weight excluding hydrogens is 366 g/mol. The molecule has 4 aliphatic rings. The Bertz CT molecular complexity index is 733. The van der Waals surface area contributed by atoms with Crippen LogP contribution < -0.4 is 0 Å². The number of fused-ring (bicyclic) bond motifs is 5. The summed E-state index contributed by atoms with van der Waals surface area (Å²) in [4.78, 5) is 4.31. The zero-order valence-electron chi connectivity index (χ0n) is 19.5. The Kier molecular flexibility index (Phi) is 5.53. The number of aryl methyl sites for hydroxylation is 1. The van der Waals surface area contributed by atoms with Crippen LogP contribution in [0.15, 0.2) is 24.5 Å². The molecule has 0 spiro atoms. The molecule has 2 nitrogen and oxygen atoms in total. The van der Waals surface area contributed by atoms with E-state index in [0.717, 1.165) is 48.3 Å². The average molecular weight is 410 g/mol. The number of aromatic nitrogens is 1. The highest BCUT2D eigenvalue weighted by Gasteiger charge is 2.60. The molecule has 1 heterocycles. The summed E-state index contributed by atoms with van der Waals surface area (Å²) >= 11 is 0. The van der Waals surface area contributed by atoms with Gasteiger partial charge >= 0.3 is 0 Å². The van der Waals surface area contributed by atoms with Crippen molar-refractivity contribution in [1.82, 2.24) is 4.98 Å². The summed E-state index contributed by atoms with van der Waals surface area (Å²) in [6.45, 7) is 7.85. The van der Waals surface area contributed by atoms with E-state index in [-0.39, 0.29) is 6.10 Å². The number of hydrogen-bond donors (Lipinski definition) is 1. The van der Waals surface area contributed by atoms with Crippen LogP contribution in [-0.2, 0) is 6.42 Å². The molecule has 0 aromatic carbocycles. The van der Waals surface area contributed by atoms with E-state index in [1.807, 2.05) is 6.20 Å². The van der Waals surface area contributed by atoms with Gasteiger partial charge in [-0.15, -0.1) is 0 Å². The van der Waals surface area contributed by atoms with Gasteiger partial charge < -0.3 is 5.11 Å². The largest absolute Gasteiger partial charge is 0.393 e. The zero-order chi connectivity index (χ0) is 20.9. The molecule has 4 aliphatic carbocycles. The van der Waals surface area contributed by atoms with Gasteiger partial charge in [-0.1, -0.05) is 26.8 Å². The minimum atomic E-state index is -0.0231. The lowest BCUT2D eigenvalue weighted by Crippen LogP contribution is -2.54. The number of hydrogen-bond acceptors (Lipinski definition) is 2. The first-order chi connectivity index (χ1) is 14.4. The highest BCUT2D eigenvalue weighted by Crippen LogP contribution is 2.68. The van der Waals surface area contributed by atoms with Crippen molar-refractivity contribution in [1.29, 1.82) is 0 Å². The van der Waals surface area contributed by atoms with E-state index < -0.39 is 0 Å². The molecule has 9 unspecified atom stereocenters. The quantitative estimate of drug-likeness (QED) is 0.602. The van der Waals surface area contributed by atoms with Crippen LogP contribution in [0.5, 0.6) is 0 Å². The lowest BCUT2D eigenvalue weighted by Gasteiger charge is -2.61. The normalized spacial score (nSPS) is 46.5. The Morgan fingerprint density at radius 3 is 2.63 bits per heavy atom. The van der Waals surface area contributed by atoms with Gasteiger partial charge in [0.25, 0.3) is 0 Å². The molecule has 0 saturated heterocycles. The van der Waals surface area contributed by atoms with Crippen LogP contribution in [0.4, 0.5) is 0 Å². The minimum absolute atomic E-state index is 0.0231.